The number of hydrogen-bond donors (Lipinski definition) is 0. The fourth-order valence-electron chi connectivity index (χ4n) is 3.85. The summed E-state index contributed by atoms with van der Waals surface area (Å²) in [6, 6.07) is 17.8. The predicted molar refractivity (Wildman–Crippen MR) is 98.5 cm³/mol. The van der Waals surface area contributed by atoms with Gasteiger partial charge in [-0.1, -0.05) is 36.4 Å². The average molecular weight is 334 g/mol. The molecule has 0 saturated heterocycles. The molecule has 0 spiro atoms. The molecule has 128 valence electrons. The van der Waals surface area contributed by atoms with Crippen LogP contribution in [0.15, 0.2) is 54.6 Å². The average Bonchev–Trinajstić information content (AvgIpc) is 3.36. The predicted octanol–water partition coefficient (Wildman–Crippen LogP) is 3.26. The Hall–Kier alpha value is -2.62. The van der Waals surface area contributed by atoms with Crippen LogP contribution in [-0.2, 0) is 16.0 Å². The molecule has 1 fully saturated rings. The molecule has 1 aliphatic carbocycles. The molecule has 3 unspecified atom stereocenters. The minimum absolute atomic E-state index is 0.0321. The molecule has 1 heterocycles. The molecule has 3 atom stereocenters. The molecule has 2 aromatic rings. The zero-order valence-electron chi connectivity index (χ0n) is 14.6. The number of fused-ring (bicyclic) bond motifs is 1. The van der Waals surface area contributed by atoms with Crippen LogP contribution in [0.3, 0.4) is 0 Å². The number of benzene rings is 2. The quantitative estimate of drug-likeness (QED) is 0.864. The number of amides is 2. The van der Waals surface area contributed by atoms with E-state index >= 15 is 0 Å². The molecule has 2 aliphatic rings. The highest BCUT2D eigenvalue weighted by molar-refractivity contribution is 6.06. The molecule has 25 heavy (non-hydrogen) atoms. The summed E-state index contributed by atoms with van der Waals surface area (Å²) in [4.78, 5) is 29.3. The van der Waals surface area contributed by atoms with Gasteiger partial charge in [-0.25, -0.2) is 0 Å². The van der Waals surface area contributed by atoms with E-state index in [2.05, 4.69) is 13.0 Å². The SMILES string of the molecule is CC1Cc2ccccc2N1C(=O)C1CC1C(=O)N(C)c1ccccc1. The Bertz CT molecular complexity index is 818. The molecule has 0 N–H and O–H groups in total. The highest BCUT2D eigenvalue weighted by Crippen LogP contribution is 2.44. The van der Waals surface area contributed by atoms with Gasteiger partial charge in [-0.3, -0.25) is 9.59 Å². The summed E-state index contributed by atoms with van der Waals surface area (Å²) in [5.74, 6) is -0.258. The fourth-order valence-corrected chi connectivity index (χ4v) is 3.85. The van der Waals surface area contributed by atoms with E-state index in [0.29, 0.717) is 6.42 Å². The molecule has 2 amide bonds. The highest BCUT2D eigenvalue weighted by atomic mass is 16.2. The molecule has 0 radical (unpaired) electrons. The van der Waals surface area contributed by atoms with Crippen molar-refractivity contribution in [1.29, 1.82) is 0 Å². The van der Waals surface area contributed by atoms with E-state index in [0.717, 1.165) is 17.8 Å². The maximum absolute atomic E-state index is 13.0. The van der Waals surface area contributed by atoms with Gasteiger partial charge in [0.1, 0.15) is 0 Å². The Labute approximate surface area is 148 Å². The first-order chi connectivity index (χ1) is 12.1. The second-order valence-corrected chi connectivity index (χ2v) is 7.07. The zero-order valence-corrected chi connectivity index (χ0v) is 14.6. The Morgan fingerprint density at radius 2 is 1.68 bits per heavy atom. The lowest BCUT2D eigenvalue weighted by atomic mass is 10.1. The smallest absolute Gasteiger partial charge is 0.231 e. The number of nitrogens with zero attached hydrogens (tertiary/aromatic N) is 2. The minimum Gasteiger partial charge on any atom is -0.315 e. The van der Waals surface area contributed by atoms with E-state index in [-0.39, 0.29) is 29.7 Å². The Morgan fingerprint density at radius 3 is 2.44 bits per heavy atom. The maximum atomic E-state index is 13.0. The van der Waals surface area contributed by atoms with Crippen molar-refractivity contribution < 1.29 is 9.59 Å². The lowest BCUT2D eigenvalue weighted by Gasteiger charge is -2.23. The Balaban J connectivity index is 1.48. The third kappa shape index (κ3) is 2.72. The van der Waals surface area contributed by atoms with Gasteiger partial charge in [-0.15, -0.1) is 0 Å². The van der Waals surface area contributed by atoms with Gasteiger partial charge >= 0.3 is 0 Å². The Kier molecular flexibility index (Phi) is 3.83. The largest absolute Gasteiger partial charge is 0.315 e. The van der Waals surface area contributed by atoms with Crippen molar-refractivity contribution in [1.82, 2.24) is 0 Å². The molecule has 1 aliphatic heterocycles. The van der Waals surface area contributed by atoms with Gasteiger partial charge in [0.25, 0.3) is 0 Å². The summed E-state index contributed by atoms with van der Waals surface area (Å²) < 4.78 is 0. The number of carbonyl (C=O) groups excluding carboxylic acids is 2. The third-order valence-electron chi connectivity index (χ3n) is 5.34. The van der Waals surface area contributed by atoms with E-state index in [1.807, 2.05) is 53.4 Å². The van der Waals surface area contributed by atoms with Crippen LogP contribution in [0.25, 0.3) is 0 Å². The van der Waals surface area contributed by atoms with Gasteiger partial charge in [0.15, 0.2) is 0 Å². The number of hydrogen-bond acceptors (Lipinski definition) is 2. The lowest BCUT2D eigenvalue weighted by molar-refractivity contribution is -0.124. The summed E-state index contributed by atoms with van der Waals surface area (Å²) in [7, 11) is 1.78. The molecule has 0 bridgehead atoms. The monoisotopic (exact) mass is 334 g/mol. The molecular weight excluding hydrogens is 312 g/mol. The van der Waals surface area contributed by atoms with Crippen molar-refractivity contribution in [2.45, 2.75) is 25.8 Å². The summed E-state index contributed by atoms with van der Waals surface area (Å²) in [5, 5.41) is 0. The molecule has 1 saturated carbocycles. The van der Waals surface area contributed by atoms with E-state index in [1.54, 1.807) is 11.9 Å². The first-order valence-corrected chi connectivity index (χ1v) is 8.81. The van der Waals surface area contributed by atoms with Crippen LogP contribution in [0.4, 0.5) is 11.4 Å². The van der Waals surface area contributed by atoms with E-state index in [4.69, 9.17) is 0 Å². The normalized spacial score (nSPS) is 23.9. The van der Waals surface area contributed by atoms with E-state index in [1.165, 1.54) is 5.56 Å². The van der Waals surface area contributed by atoms with Crippen LogP contribution in [0.2, 0.25) is 0 Å². The van der Waals surface area contributed by atoms with Crippen LogP contribution in [-0.4, -0.2) is 24.9 Å². The second kappa shape index (κ2) is 6.03. The van der Waals surface area contributed by atoms with Gasteiger partial charge < -0.3 is 9.80 Å². The zero-order chi connectivity index (χ0) is 17.6. The number of rotatable bonds is 3. The van der Waals surface area contributed by atoms with Gasteiger partial charge in [0.2, 0.25) is 11.8 Å². The second-order valence-electron chi connectivity index (χ2n) is 7.07. The minimum atomic E-state index is -0.197. The first-order valence-electron chi connectivity index (χ1n) is 8.81. The van der Waals surface area contributed by atoms with Crippen LogP contribution in [0.5, 0.6) is 0 Å². The van der Waals surface area contributed by atoms with Crippen LogP contribution < -0.4 is 9.80 Å². The summed E-state index contributed by atoms with van der Waals surface area (Å²) >= 11 is 0. The Morgan fingerprint density at radius 1 is 1.00 bits per heavy atom. The lowest BCUT2D eigenvalue weighted by Crippen LogP contribution is -2.38. The van der Waals surface area contributed by atoms with Crippen molar-refractivity contribution >= 4 is 23.2 Å². The third-order valence-corrected chi connectivity index (χ3v) is 5.34. The maximum Gasteiger partial charge on any atom is 0.231 e. The fraction of sp³-hybridized carbons (Fsp3) is 0.333. The number of anilines is 2. The molecular formula is C21H22N2O2. The van der Waals surface area contributed by atoms with Crippen molar-refractivity contribution in [3.8, 4) is 0 Å². The van der Waals surface area contributed by atoms with Crippen molar-refractivity contribution in [3.63, 3.8) is 0 Å². The van der Waals surface area contributed by atoms with Crippen LogP contribution >= 0.6 is 0 Å². The van der Waals surface area contributed by atoms with Crippen molar-refractivity contribution in [2.24, 2.45) is 11.8 Å². The first kappa shape index (κ1) is 15.9. The molecule has 4 rings (SSSR count). The van der Waals surface area contributed by atoms with Gasteiger partial charge in [-0.05, 0) is 43.5 Å². The number of para-hydroxylation sites is 2. The topological polar surface area (TPSA) is 40.6 Å². The van der Waals surface area contributed by atoms with Crippen LogP contribution in [0, 0.1) is 11.8 Å². The molecule has 2 aromatic carbocycles. The van der Waals surface area contributed by atoms with Gasteiger partial charge in [0.05, 0.1) is 11.8 Å². The molecule has 4 nitrogen and oxygen atoms in total. The molecule has 4 heteroatoms. The van der Waals surface area contributed by atoms with Crippen LogP contribution in [0.1, 0.15) is 18.9 Å². The van der Waals surface area contributed by atoms with Crippen molar-refractivity contribution in [2.75, 3.05) is 16.8 Å². The van der Waals surface area contributed by atoms with Crippen molar-refractivity contribution in [3.05, 3.63) is 60.2 Å². The van der Waals surface area contributed by atoms with Gasteiger partial charge in [0, 0.05) is 24.5 Å². The summed E-state index contributed by atoms with van der Waals surface area (Å²) in [6.45, 7) is 2.08. The summed E-state index contributed by atoms with van der Waals surface area (Å²) in [6.07, 6.45) is 1.54. The molecule has 0 aromatic heterocycles. The van der Waals surface area contributed by atoms with Gasteiger partial charge in [-0.2, -0.15) is 0 Å². The number of carbonyl (C=O) groups is 2. The summed E-state index contributed by atoms with van der Waals surface area (Å²) in [5.41, 5.74) is 3.09. The standard InChI is InChI=1S/C21H22N2O2/c1-14-12-15-8-6-7-11-19(15)23(14)21(25)18-13-17(18)20(24)22(2)16-9-4-3-5-10-16/h3-11,14,17-18H,12-13H2,1-2H3. The van der Waals surface area contributed by atoms with E-state index < -0.39 is 0 Å². The highest BCUT2D eigenvalue weighted by Gasteiger charge is 2.52. The van der Waals surface area contributed by atoms with E-state index in [9.17, 15) is 9.59 Å².